The van der Waals surface area contributed by atoms with Crippen molar-refractivity contribution in [1.82, 2.24) is 16.0 Å². The molecule has 1 saturated carbocycles. The van der Waals surface area contributed by atoms with Gasteiger partial charge in [0.25, 0.3) is 0 Å². The molecule has 16 heteroatoms. The first-order chi connectivity index (χ1) is 19.9. The Morgan fingerprint density at radius 2 is 1.83 bits per heavy atom. The van der Waals surface area contributed by atoms with E-state index in [1.165, 1.54) is 6.92 Å². The van der Waals surface area contributed by atoms with Gasteiger partial charge >= 0.3 is 0 Å². The van der Waals surface area contributed by atoms with Gasteiger partial charge in [-0.15, -0.1) is 0 Å². The number of rotatable bonds is 14. The molecule has 246 valence electrons. The second-order valence-corrected chi connectivity index (χ2v) is 11.7. The zero-order chi connectivity index (χ0) is 31.0. The fourth-order valence-corrected chi connectivity index (χ4v) is 5.83. The number of nitrogens with one attached hydrogen (secondary N) is 3. The van der Waals surface area contributed by atoms with Gasteiger partial charge < -0.3 is 77.6 Å². The molecule has 0 radical (unpaired) electrons. The first kappa shape index (κ1) is 35.4. The molecule has 0 aromatic carbocycles. The van der Waals surface area contributed by atoms with Gasteiger partial charge in [0.15, 0.2) is 12.6 Å². The molecule has 2 heterocycles. The molecule has 0 bridgehead atoms. The number of carbonyl (C=O) groups excluding carboxylic acids is 1. The third-order valence-electron chi connectivity index (χ3n) is 8.21. The van der Waals surface area contributed by atoms with Crippen LogP contribution >= 0.6 is 0 Å². The van der Waals surface area contributed by atoms with Gasteiger partial charge in [0.1, 0.15) is 36.1 Å². The number of nitrogens with two attached hydrogens (primary N) is 3. The molecular weight excluding hydrogens is 556 g/mol. The van der Waals surface area contributed by atoms with Crippen molar-refractivity contribution < 1.29 is 49.3 Å². The maximum Gasteiger partial charge on any atom is 0.249 e. The van der Waals surface area contributed by atoms with Crippen molar-refractivity contribution in [2.45, 2.75) is 118 Å². The van der Waals surface area contributed by atoms with Gasteiger partial charge in [-0.05, 0) is 52.6 Å². The first-order valence-electron chi connectivity index (χ1n) is 14.8. The summed E-state index contributed by atoms with van der Waals surface area (Å²) in [5.41, 5.74) is 16.8. The minimum Gasteiger partial charge on any atom is -0.395 e. The monoisotopic (exact) mass is 608 g/mol. The largest absolute Gasteiger partial charge is 0.395 e. The molecule has 3 fully saturated rings. The van der Waals surface area contributed by atoms with E-state index in [0.717, 1.165) is 0 Å². The van der Waals surface area contributed by atoms with Crippen molar-refractivity contribution in [2.75, 3.05) is 39.9 Å². The first-order valence-corrected chi connectivity index (χ1v) is 14.8. The second-order valence-electron chi connectivity index (χ2n) is 11.7. The Morgan fingerprint density at radius 1 is 1.12 bits per heavy atom. The fraction of sp³-hybridized carbons (Fsp3) is 0.962. The quantitative estimate of drug-likeness (QED) is 0.0823. The molecule has 2 aliphatic heterocycles. The molecular formula is C26H52N6O10. The normalized spacial score (nSPS) is 41.8. The lowest BCUT2D eigenvalue weighted by molar-refractivity contribution is -0.307. The summed E-state index contributed by atoms with van der Waals surface area (Å²) in [6.07, 6.45) is -6.79. The molecule has 42 heavy (non-hydrogen) atoms. The highest BCUT2D eigenvalue weighted by atomic mass is 16.7. The van der Waals surface area contributed by atoms with Crippen LogP contribution in [0.3, 0.4) is 0 Å². The maximum absolute atomic E-state index is 12.8. The summed E-state index contributed by atoms with van der Waals surface area (Å²) in [5.74, 6) is -0.683. The molecule has 1 unspecified atom stereocenters. The highest BCUT2D eigenvalue weighted by molar-refractivity contribution is 5.80. The predicted octanol–water partition coefficient (Wildman–Crippen LogP) is -5.10. The molecule has 3 aliphatic rings. The topological polar surface area (TPSA) is 269 Å². The Kier molecular flexibility index (Phi) is 13.7. The Hall–Kier alpha value is -1.09. The highest BCUT2D eigenvalue weighted by Gasteiger charge is 2.52. The molecule has 1 aliphatic carbocycles. The van der Waals surface area contributed by atoms with Gasteiger partial charge in [0.05, 0.1) is 37.4 Å². The molecule has 0 aromatic heterocycles. The Bertz CT molecular complexity index is 830. The average molecular weight is 609 g/mol. The number of amides is 1. The van der Waals surface area contributed by atoms with Crippen molar-refractivity contribution in [1.29, 1.82) is 0 Å². The second kappa shape index (κ2) is 16.3. The van der Waals surface area contributed by atoms with Crippen molar-refractivity contribution in [3.05, 3.63) is 0 Å². The zero-order valence-electron chi connectivity index (χ0n) is 24.5. The molecule has 0 spiro atoms. The standard InChI is InChI=1S/C26H52N6O10/c1-26(38)12-39-25(19(36)22(26)30-2)42-21-16(32-23(37)17(34)4-3-7-27)10-15(29)20(18(21)35)41-24-14(28)6-5-13(40-24)11-31-8-9-33/h13-22,24-25,30-31,33-36,38H,3-12,27-29H2,1-2H3,(H,32,37)/t13-,14+,15-,16+,17?,18-,19+,20+,21-,22+,24+,25+,26-/m0/s1. The van der Waals surface area contributed by atoms with Crippen molar-refractivity contribution in [2.24, 2.45) is 17.2 Å². The minimum atomic E-state index is -1.44. The summed E-state index contributed by atoms with van der Waals surface area (Å²) in [5, 5.41) is 61.2. The fourth-order valence-electron chi connectivity index (χ4n) is 5.83. The van der Waals surface area contributed by atoms with Gasteiger partial charge in [-0.2, -0.15) is 0 Å². The van der Waals surface area contributed by atoms with E-state index in [1.54, 1.807) is 7.05 Å². The van der Waals surface area contributed by atoms with Crippen LogP contribution in [-0.4, -0.2) is 150 Å². The van der Waals surface area contributed by atoms with E-state index in [9.17, 15) is 25.2 Å². The summed E-state index contributed by atoms with van der Waals surface area (Å²) >= 11 is 0. The lowest BCUT2D eigenvalue weighted by atomic mass is 9.83. The number of ether oxygens (including phenoxy) is 4. The van der Waals surface area contributed by atoms with Crippen molar-refractivity contribution in [3.63, 3.8) is 0 Å². The van der Waals surface area contributed by atoms with Gasteiger partial charge in [0, 0.05) is 19.1 Å². The van der Waals surface area contributed by atoms with E-state index >= 15 is 0 Å². The Morgan fingerprint density at radius 3 is 2.50 bits per heavy atom. The van der Waals surface area contributed by atoms with Gasteiger partial charge in [0.2, 0.25) is 5.91 Å². The van der Waals surface area contributed by atoms with Crippen LogP contribution in [0.15, 0.2) is 0 Å². The van der Waals surface area contributed by atoms with E-state index in [0.29, 0.717) is 38.9 Å². The molecule has 13 atom stereocenters. The number of aliphatic hydroxyl groups is 5. The van der Waals surface area contributed by atoms with Crippen LogP contribution in [-0.2, 0) is 23.7 Å². The van der Waals surface area contributed by atoms with Crippen LogP contribution < -0.4 is 33.2 Å². The molecule has 2 saturated heterocycles. The van der Waals surface area contributed by atoms with E-state index < -0.39 is 78.8 Å². The predicted molar refractivity (Wildman–Crippen MR) is 150 cm³/mol. The summed E-state index contributed by atoms with van der Waals surface area (Å²) in [6, 6.07) is -2.99. The molecule has 16 nitrogen and oxygen atoms in total. The van der Waals surface area contributed by atoms with Gasteiger partial charge in [-0.1, -0.05) is 0 Å². The molecule has 3 rings (SSSR count). The number of likely N-dealkylation sites (N-methyl/N-ethyl adjacent to an activating group) is 1. The number of aliphatic hydroxyl groups excluding tert-OH is 4. The summed E-state index contributed by atoms with van der Waals surface area (Å²) in [4.78, 5) is 12.8. The zero-order valence-corrected chi connectivity index (χ0v) is 24.5. The van der Waals surface area contributed by atoms with Gasteiger partial charge in [-0.25, -0.2) is 0 Å². The van der Waals surface area contributed by atoms with E-state index in [4.69, 9.17) is 41.3 Å². The number of carbonyl (C=O) groups is 1. The average Bonchev–Trinajstić information content (AvgIpc) is 2.94. The molecule has 1 amide bonds. The summed E-state index contributed by atoms with van der Waals surface area (Å²) in [7, 11) is 1.58. The van der Waals surface area contributed by atoms with Crippen LogP contribution in [0.5, 0.6) is 0 Å². The van der Waals surface area contributed by atoms with Crippen molar-refractivity contribution >= 4 is 5.91 Å². The van der Waals surface area contributed by atoms with Crippen LogP contribution in [0.2, 0.25) is 0 Å². The minimum absolute atomic E-state index is 0.00949. The third kappa shape index (κ3) is 8.98. The van der Waals surface area contributed by atoms with Crippen LogP contribution in [0.4, 0.5) is 0 Å². The van der Waals surface area contributed by atoms with Crippen molar-refractivity contribution in [3.8, 4) is 0 Å². The Labute approximate surface area is 246 Å². The number of hydrogen-bond acceptors (Lipinski definition) is 15. The van der Waals surface area contributed by atoms with Crippen LogP contribution in [0.1, 0.15) is 39.0 Å². The smallest absolute Gasteiger partial charge is 0.249 e. The highest BCUT2D eigenvalue weighted by Crippen LogP contribution is 2.32. The lowest BCUT2D eigenvalue weighted by Gasteiger charge is -2.49. The van der Waals surface area contributed by atoms with E-state index in [1.807, 2.05) is 0 Å². The number of hydrogen-bond donors (Lipinski definition) is 11. The lowest BCUT2D eigenvalue weighted by Crippen LogP contribution is -2.69. The summed E-state index contributed by atoms with van der Waals surface area (Å²) < 4.78 is 24.0. The summed E-state index contributed by atoms with van der Waals surface area (Å²) in [6.45, 7) is 2.52. The SMILES string of the molecule is CN[C@@H]1[C@@H](O)[C@@H](O[C@@H]2[C@@H](O)[C@H](O[C@H]3O[C@H](CNCCO)CC[C@H]3N)[C@@H](N)C[C@H]2NC(=O)C(O)CCCN)OC[C@]1(C)O. The molecule has 0 aromatic rings. The molecule has 14 N–H and O–H groups in total. The Balaban J connectivity index is 1.78. The van der Waals surface area contributed by atoms with Crippen LogP contribution in [0.25, 0.3) is 0 Å². The van der Waals surface area contributed by atoms with E-state index in [-0.39, 0.29) is 32.2 Å². The maximum atomic E-state index is 12.8. The van der Waals surface area contributed by atoms with Gasteiger partial charge in [-0.3, -0.25) is 4.79 Å². The van der Waals surface area contributed by atoms with Crippen LogP contribution in [0, 0.1) is 0 Å². The third-order valence-corrected chi connectivity index (χ3v) is 8.21. The van der Waals surface area contributed by atoms with E-state index in [2.05, 4.69) is 16.0 Å².